The molecule has 0 radical (unpaired) electrons. The van der Waals surface area contributed by atoms with Crippen LogP contribution in [-0.4, -0.2) is 61.9 Å². The van der Waals surface area contributed by atoms with Crippen molar-refractivity contribution < 1.29 is 4.79 Å². The maximum atomic E-state index is 11.9. The van der Waals surface area contributed by atoms with E-state index in [1.165, 1.54) is 30.6 Å². The number of carbonyl (C=O) groups is 1. The van der Waals surface area contributed by atoms with E-state index in [1.807, 2.05) is 0 Å². The van der Waals surface area contributed by atoms with Crippen molar-refractivity contribution in [3.8, 4) is 0 Å². The minimum atomic E-state index is 0.0464. The van der Waals surface area contributed by atoms with E-state index in [1.54, 1.807) is 30.3 Å². The predicted molar refractivity (Wildman–Crippen MR) is 99.5 cm³/mol. The summed E-state index contributed by atoms with van der Waals surface area (Å²) in [7, 11) is 3.56. The van der Waals surface area contributed by atoms with Gasteiger partial charge >= 0.3 is 0 Å². The topological polar surface area (TPSA) is 47.9 Å². The third-order valence-corrected chi connectivity index (χ3v) is 6.19. The zero-order valence-electron chi connectivity index (χ0n) is 14.8. The lowest BCUT2D eigenvalue weighted by Crippen LogP contribution is -2.43. The molecule has 1 aromatic rings. The Labute approximate surface area is 148 Å². The molecule has 0 aromatic carbocycles. The zero-order chi connectivity index (χ0) is 17.0. The quantitative estimate of drug-likeness (QED) is 0.655. The molecule has 3 rings (SSSR count). The summed E-state index contributed by atoms with van der Waals surface area (Å²) in [6.07, 6.45) is 6.33. The number of guanidine groups is 1. The second-order valence-corrected chi connectivity index (χ2v) is 8.24. The van der Waals surface area contributed by atoms with Crippen LogP contribution in [0.1, 0.15) is 30.6 Å². The Bertz CT molecular complexity index is 578. The molecule has 1 amide bonds. The van der Waals surface area contributed by atoms with Crippen LogP contribution < -0.4 is 5.32 Å². The molecule has 24 heavy (non-hydrogen) atoms. The fraction of sp³-hybridized carbons (Fsp3) is 0.667. The number of likely N-dealkylation sites (N-methyl/N-ethyl adjacent to an activating group) is 1. The van der Waals surface area contributed by atoms with Crippen molar-refractivity contribution in [2.24, 2.45) is 10.4 Å². The molecule has 1 aromatic heterocycles. The van der Waals surface area contributed by atoms with Crippen LogP contribution >= 0.6 is 11.3 Å². The number of hydrogen-bond acceptors (Lipinski definition) is 3. The normalized spacial score (nSPS) is 19.4. The van der Waals surface area contributed by atoms with Crippen LogP contribution in [0.5, 0.6) is 0 Å². The molecule has 2 heterocycles. The third-order valence-electron chi connectivity index (χ3n) is 5.25. The highest BCUT2D eigenvalue weighted by Gasteiger charge is 2.43. The van der Waals surface area contributed by atoms with Crippen LogP contribution in [0.2, 0.25) is 0 Å². The molecule has 1 saturated carbocycles. The molecule has 1 N–H and O–H groups in total. The summed E-state index contributed by atoms with van der Waals surface area (Å²) in [5.74, 6) is 0.954. The number of amides is 1. The van der Waals surface area contributed by atoms with Gasteiger partial charge in [-0.1, -0.05) is 12.5 Å². The van der Waals surface area contributed by atoms with Gasteiger partial charge in [-0.05, 0) is 42.5 Å². The van der Waals surface area contributed by atoms with Crippen molar-refractivity contribution in [3.05, 3.63) is 22.4 Å². The minimum Gasteiger partial charge on any atom is -0.356 e. The molecular formula is C18H28N4OS. The monoisotopic (exact) mass is 348 g/mol. The standard InChI is InChI=1S/C18H28N4OS/c1-21(2)16(23)13-20-17(19-10-6-15-5-3-12-24-15)22-11-9-18(14-22)7-4-8-18/h3,5,12H,4,6-11,13-14H2,1-2H3,(H,19,20). The molecule has 2 aliphatic rings. The van der Waals surface area contributed by atoms with Crippen molar-refractivity contribution in [3.63, 3.8) is 0 Å². The van der Waals surface area contributed by atoms with E-state index >= 15 is 0 Å². The van der Waals surface area contributed by atoms with Gasteiger partial charge in [0.25, 0.3) is 0 Å². The van der Waals surface area contributed by atoms with E-state index in [0.717, 1.165) is 32.0 Å². The van der Waals surface area contributed by atoms with Crippen molar-refractivity contribution >= 4 is 23.2 Å². The maximum Gasteiger partial charge on any atom is 0.243 e. The average molecular weight is 349 g/mol. The number of rotatable bonds is 5. The average Bonchev–Trinajstić information content (AvgIpc) is 3.19. The largest absolute Gasteiger partial charge is 0.356 e. The SMILES string of the molecule is CN(C)C(=O)CN=C(NCCc1cccs1)N1CCC2(CCC2)C1. The lowest BCUT2D eigenvalue weighted by Gasteiger charge is -2.38. The van der Waals surface area contributed by atoms with Crippen LogP contribution in [0.4, 0.5) is 0 Å². The molecule has 0 unspecified atom stereocenters. The molecule has 0 bridgehead atoms. The molecule has 2 fully saturated rings. The van der Waals surface area contributed by atoms with E-state index in [-0.39, 0.29) is 12.5 Å². The van der Waals surface area contributed by atoms with E-state index in [0.29, 0.717) is 5.41 Å². The molecule has 1 aliphatic heterocycles. The van der Waals surface area contributed by atoms with E-state index in [2.05, 4.69) is 32.7 Å². The number of hydrogen-bond donors (Lipinski definition) is 1. The van der Waals surface area contributed by atoms with Gasteiger partial charge in [-0.2, -0.15) is 0 Å². The lowest BCUT2D eigenvalue weighted by molar-refractivity contribution is -0.127. The van der Waals surface area contributed by atoms with Crippen molar-refractivity contribution in [2.75, 3.05) is 40.3 Å². The highest BCUT2D eigenvalue weighted by molar-refractivity contribution is 7.09. The van der Waals surface area contributed by atoms with Crippen molar-refractivity contribution in [2.45, 2.75) is 32.1 Å². The Hall–Kier alpha value is -1.56. The third kappa shape index (κ3) is 4.09. The Morgan fingerprint density at radius 3 is 2.83 bits per heavy atom. The number of likely N-dealkylation sites (tertiary alicyclic amines) is 1. The Kier molecular flexibility index (Phi) is 5.43. The Morgan fingerprint density at radius 2 is 2.25 bits per heavy atom. The first kappa shape index (κ1) is 17.3. The molecule has 132 valence electrons. The first-order valence-corrected chi connectivity index (χ1v) is 9.72. The van der Waals surface area contributed by atoms with E-state index in [4.69, 9.17) is 0 Å². The summed E-state index contributed by atoms with van der Waals surface area (Å²) >= 11 is 1.79. The minimum absolute atomic E-state index is 0.0464. The second kappa shape index (κ2) is 7.55. The molecule has 6 heteroatoms. The number of carbonyl (C=O) groups excluding carboxylic acids is 1. The molecule has 5 nitrogen and oxygen atoms in total. The van der Waals surface area contributed by atoms with Crippen molar-refractivity contribution in [1.29, 1.82) is 0 Å². The molecule has 1 spiro atoms. The highest BCUT2D eigenvalue weighted by atomic mass is 32.1. The smallest absolute Gasteiger partial charge is 0.243 e. The Morgan fingerprint density at radius 1 is 1.42 bits per heavy atom. The van der Waals surface area contributed by atoms with Crippen LogP contribution in [0, 0.1) is 5.41 Å². The first-order chi connectivity index (χ1) is 11.6. The van der Waals surface area contributed by atoms with Gasteiger partial charge in [0.1, 0.15) is 6.54 Å². The molecule has 1 aliphatic carbocycles. The van der Waals surface area contributed by atoms with Gasteiger partial charge in [-0.25, -0.2) is 4.99 Å². The Balaban J connectivity index is 1.59. The van der Waals surface area contributed by atoms with Gasteiger partial charge in [-0.15, -0.1) is 11.3 Å². The number of aliphatic imine (C=N–C) groups is 1. The lowest BCUT2D eigenvalue weighted by atomic mass is 9.68. The number of thiophene rings is 1. The molecular weight excluding hydrogens is 320 g/mol. The van der Waals surface area contributed by atoms with Gasteiger partial charge in [0.2, 0.25) is 5.91 Å². The zero-order valence-corrected chi connectivity index (χ0v) is 15.6. The van der Waals surface area contributed by atoms with Gasteiger partial charge in [0, 0.05) is 38.6 Å². The first-order valence-electron chi connectivity index (χ1n) is 8.84. The summed E-state index contributed by atoms with van der Waals surface area (Å²) in [6, 6.07) is 4.25. The predicted octanol–water partition coefficient (Wildman–Crippen LogP) is 2.20. The van der Waals surface area contributed by atoms with Crippen LogP contribution in [0.25, 0.3) is 0 Å². The van der Waals surface area contributed by atoms with Crippen LogP contribution in [-0.2, 0) is 11.2 Å². The fourth-order valence-corrected chi connectivity index (χ4v) is 4.21. The fourth-order valence-electron chi connectivity index (χ4n) is 3.50. The second-order valence-electron chi connectivity index (χ2n) is 7.21. The van der Waals surface area contributed by atoms with E-state index in [9.17, 15) is 4.79 Å². The highest BCUT2D eigenvalue weighted by Crippen LogP contribution is 2.47. The summed E-state index contributed by atoms with van der Waals surface area (Å²) in [6.45, 7) is 3.23. The number of nitrogens with one attached hydrogen (secondary N) is 1. The summed E-state index contributed by atoms with van der Waals surface area (Å²) < 4.78 is 0. The van der Waals surface area contributed by atoms with Crippen LogP contribution in [0.15, 0.2) is 22.5 Å². The molecule has 1 saturated heterocycles. The van der Waals surface area contributed by atoms with Gasteiger partial charge in [0.05, 0.1) is 0 Å². The number of nitrogens with zero attached hydrogens (tertiary/aromatic N) is 3. The van der Waals surface area contributed by atoms with E-state index < -0.39 is 0 Å². The van der Waals surface area contributed by atoms with Gasteiger partial charge in [0.15, 0.2) is 5.96 Å². The molecule has 0 atom stereocenters. The van der Waals surface area contributed by atoms with Crippen molar-refractivity contribution in [1.82, 2.24) is 15.1 Å². The summed E-state index contributed by atoms with van der Waals surface area (Å²) in [4.78, 5) is 21.8. The van der Waals surface area contributed by atoms with Gasteiger partial charge in [-0.3, -0.25) is 4.79 Å². The van der Waals surface area contributed by atoms with Gasteiger partial charge < -0.3 is 15.1 Å². The summed E-state index contributed by atoms with van der Waals surface area (Å²) in [5, 5.41) is 5.60. The van der Waals surface area contributed by atoms with Crippen LogP contribution in [0.3, 0.4) is 0 Å². The maximum absolute atomic E-state index is 11.9. The summed E-state index contributed by atoms with van der Waals surface area (Å²) in [5.41, 5.74) is 0.530.